The molecule has 0 fully saturated rings. The van der Waals surface area contributed by atoms with E-state index in [9.17, 15) is 0 Å². The highest BCUT2D eigenvalue weighted by molar-refractivity contribution is 6.36. The van der Waals surface area contributed by atoms with Gasteiger partial charge in [0.2, 0.25) is 0 Å². The summed E-state index contributed by atoms with van der Waals surface area (Å²) in [7, 11) is 0.982. The predicted molar refractivity (Wildman–Crippen MR) is 148 cm³/mol. The van der Waals surface area contributed by atoms with Gasteiger partial charge < -0.3 is 0 Å². The lowest BCUT2D eigenvalue weighted by Gasteiger charge is -2.23. The summed E-state index contributed by atoms with van der Waals surface area (Å²) in [5, 5.41) is 0. The summed E-state index contributed by atoms with van der Waals surface area (Å²) in [6.07, 6.45) is 0. The number of fused-ring (bicyclic) bond motifs is 2. The fraction of sp³-hybridized carbons (Fsp3) is 0.500. The van der Waals surface area contributed by atoms with Crippen molar-refractivity contribution in [2.24, 2.45) is 0 Å². The van der Waals surface area contributed by atoms with E-state index in [0.717, 1.165) is 9.52 Å². The average molecular weight is 455 g/mol. The van der Waals surface area contributed by atoms with E-state index in [0.29, 0.717) is 11.8 Å². The SMILES string of the molecule is CC1=C(C)C(C[Si]CC2C(C)=C(C)c3c(C)c(C)c(C)c(C)c32)c2c(C)c(C)c(C)c(C)c21. The second-order valence-electron chi connectivity index (χ2n) is 11.0. The number of hydrogen-bond donors (Lipinski definition) is 0. The van der Waals surface area contributed by atoms with Gasteiger partial charge >= 0.3 is 0 Å². The molecule has 2 aromatic carbocycles. The second kappa shape index (κ2) is 8.42. The van der Waals surface area contributed by atoms with Crippen LogP contribution in [0.5, 0.6) is 0 Å². The van der Waals surface area contributed by atoms with Crippen molar-refractivity contribution < 1.29 is 0 Å². The summed E-state index contributed by atoms with van der Waals surface area (Å²) in [6.45, 7) is 28.2. The normalized spacial score (nSPS) is 19.6. The van der Waals surface area contributed by atoms with Gasteiger partial charge in [0, 0.05) is 21.4 Å². The van der Waals surface area contributed by atoms with Crippen LogP contribution < -0.4 is 0 Å². The first kappa shape index (κ1) is 24.3. The molecule has 0 nitrogen and oxygen atoms in total. The third-order valence-corrected chi connectivity index (χ3v) is 11.2. The quantitative estimate of drug-likeness (QED) is 0.404. The minimum absolute atomic E-state index is 0.602. The molecule has 0 saturated carbocycles. The topological polar surface area (TPSA) is 0 Å². The van der Waals surface area contributed by atoms with E-state index in [4.69, 9.17) is 0 Å². The van der Waals surface area contributed by atoms with E-state index in [1.54, 1.807) is 44.5 Å². The van der Waals surface area contributed by atoms with E-state index in [-0.39, 0.29) is 0 Å². The molecule has 4 rings (SSSR count). The first-order valence-electron chi connectivity index (χ1n) is 12.7. The van der Waals surface area contributed by atoms with Crippen molar-refractivity contribution in [1.29, 1.82) is 0 Å². The molecule has 2 aliphatic carbocycles. The highest BCUT2D eigenvalue weighted by Crippen LogP contribution is 2.51. The van der Waals surface area contributed by atoms with Gasteiger partial charge in [-0.05, 0) is 161 Å². The van der Waals surface area contributed by atoms with E-state index >= 15 is 0 Å². The lowest BCUT2D eigenvalue weighted by Crippen LogP contribution is -2.10. The zero-order valence-electron chi connectivity index (χ0n) is 23.1. The van der Waals surface area contributed by atoms with Crippen molar-refractivity contribution in [2.45, 2.75) is 107 Å². The van der Waals surface area contributed by atoms with Crippen molar-refractivity contribution >= 4 is 20.7 Å². The predicted octanol–water partition coefficient (Wildman–Crippen LogP) is 9.18. The molecule has 0 heterocycles. The van der Waals surface area contributed by atoms with Gasteiger partial charge in [-0.2, -0.15) is 0 Å². The van der Waals surface area contributed by atoms with Crippen LogP contribution in [0.2, 0.25) is 12.1 Å². The van der Waals surface area contributed by atoms with Gasteiger partial charge in [0.05, 0.1) is 0 Å². The van der Waals surface area contributed by atoms with Crippen LogP contribution in [-0.2, 0) is 0 Å². The summed E-state index contributed by atoms with van der Waals surface area (Å²) in [5.41, 5.74) is 24.8. The molecule has 2 unspecified atom stereocenters. The van der Waals surface area contributed by atoms with Crippen LogP contribution in [0.3, 0.4) is 0 Å². The second-order valence-corrected chi connectivity index (χ2v) is 12.3. The third-order valence-electron chi connectivity index (χ3n) is 9.84. The largest absolute Gasteiger partial charge is 0.0626 e. The van der Waals surface area contributed by atoms with Crippen LogP contribution in [-0.4, -0.2) is 9.52 Å². The molecule has 0 bridgehead atoms. The lowest BCUT2D eigenvalue weighted by atomic mass is 9.86. The van der Waals surface area contributed by atoms with Crippen molar-refractivity contribution in [1.82, 2.24) is 0 Å². The summed E-state index contributed by atoms with van der Waals surface area (Å²) < 4.78 is 0. The number of rotatable bonds is 4. The van der Waals surface area contributed by atoms with Gasteiger partial charge in [0.25, 0.3) is 0 Å². The Labute approximate surface area is 205 Å². The van der Waals surface area contributed by atoms with Gasteiger partial charge in [-0.3, -0.25) is 0 Å². The maximum absolute atomic E-state index is 2.40. The number of hydrogen-bond acceptors (Lipinski definition) is 0. The fourth-order valence-corrected chi connectivity index (χ4v) is 8.52. The minimum atomic E-state index is 0.602. The highest BCUT2D eigenvalue weighted by atomic mass is 28.2. The highest BCUT2D eigenvalue weighted by Gasteiger charge is 2.33. The summed E-state index contributed by atoms with van der Waals surface area (Å²) >= 11 is 0. The standard InChI is InChI=1S/C32H42Si/c1-15-17(3)23(9)31-27(19(5)25(11)29(31)21(15)7)13-33-14-28-20(6)26(12)30-22(8)16(2)18(4)24(10)32(28)30/h27-28H,13-14H2,1-12H3. The summed E-state index contributed by atoms with van der Waals surface area (Å²) in [6, 6.07) is 2.58. The van der Waals surface area contributed by atoms with Crippen LogP contribution in [0.25, 0.3) is 11.1 Å². The van der Waals surface area contributed by atoms with Crippen molar-refractivity contribution in [2.75, 3.05) is 0 Å². The smallest absolute Gasteiger partial charge is 0.0397 e. The van der Waals surface area contributed by atoms with Crippen LogP contribution in [0.1, 0.15) is 106 Å². The molecule has 0 spiro atoms. The van der Waals surface area contributed by atoms with Gasteiger partial charge in [-0.25, -0.2) is 0 Å². The molecule has 2 atom stereocenters. The Morgan fingerprint density at radius 3 is 1.06 bits per heavy atom. The van der Waals surface area contributed by atoms with Gasteiger partial charge in [0.15, 0.2) is 0 Å². The lowest BCUT2D eigenvalue weighted by molar-refractivity contribution is 0.860. The molecule has 2 aromatic rings. The molecule has 0 aromatic heterocycles. The first-order valence-corrected chi connectivity index (χ1v) is 14.1. The maximum atomic E-state index is 2.40. The molecule has 174 valence electrons. The molecule has 0 aliphatic heterocycles. The Morgan fingerprint density at radius 1 is 0.424 bits per heavy atom. The third kappa shape index (κ3) is 3.37. The monoisotopic (exact) mass is 454 g/mol. The minimum Gasteiger partial charge on any atom is -0.0626 e. The molecule has 2 radical (unpaired) electrons. The molecule has 0 saturated heterocycles. The Balaban J connectivity index is 1.65. The van der Waals surface area contributed by atoms with Crippen molar-refractivity contribution in [3.8, 4) is 0 Å². The van der Waals surface area contributed by atoms with E-state index in [1.807, 2.05) is 0 Å². The Hall–Kier alpha value is -1.86. The van der Waals surface area contributed by atoms with Crippen molar-refractivity contribution in [3.63, 3.8) is 0 Å². The number of allylic oxidation sites excluding steroid dienone is 4. The van der Waals surface area contributed by atoms with Crippen LogP contribution in [0.4, 0.5) is 0 Å². The first-order chi connectivity index (χ1) is 15.4. The van der Waals surface area contributed by atoms with Gasteiger partial charge in [0.1, 0.15) is 0 Å². The van der Waals surface area contributed by atoms with E-state index < -0.39 is 0 Å². The number of benzene rings is 2. The Kier molecular flexibility index (Phi) is 6.19. The summed E-state index contributed by atoms with van der Waals surface area (Å²) in [4.78, 5) is 0. The molecule has 1 heteroatoms. The fourth-order valence-electron chi connectivity index (χ4n) is 6.75. The molecular weight excluding hydrogens is 412 g/mol. The average Bonchev–Trinajstić information content (AvgIpc) is 3.19. The van der Waals surface area contributed by atoms with Gasteiger partial charge in [-0.1, -0.05) is 23.2 Å². The Bertz CT molecular complexity index is 1150. The van der Waals surface area contributed by atoms with Crippen LogP contribution in [0.15, 0.2) is 11.1 Å². The maximum Gasteiger partial charge on any atom is 0.0397 e. The Morgan fingerprint density at radius 2 is 0.727 bits per heavy atom. The molecule has 0 N–H and O–H groups in total. The molecular formula is C32H42Si. The van der Waals surface area contributed by atoms with Crippen LogP contribution >= 0.6 is 0 Å². The van der Waals surface area contributed by atoms with Gasteiger partial charge in [-0.15, -0.1) is 0 Å². The molecule has 2 aliphatic rings. The molecule has 0 amide bonds. The summed E-state index contributed by atoms with van der Waals surface area (Å²) in [5.74, 6) is 1.20. The van der Waals surface area contributed by atoms with E-state index in [1.165, 1.54) is 56.6 Å². The zero-order valence-corrected chi connectivity index (χ0v) is 24.1. The molecule has 33 heavy (non-hydrogen) atoms. The van der Waals surface area contributed by atoms with E-state index in [2.05, 4.69) is 83.1 Å². The van der Waals surface area contributed by atoms with Crippen molar-refractivity contribution in [3.05, 3.63) is 77.9 Å². The zero-order chi connectivity index (χ0) is 24.5. The van der Waals surface area contributed by atoms with Crippen LogP contribution in [0, 0.1) is 55.4 Å².